The summed E-state index contributed by atoms with van der Waals surface area (Å²) in [6.45, 7) is 5.13. The summed E-state index contributed by atoms with van der Waals surface area (Å²) in [4.78, 5) is 17.2. The summed E-state index contributed by atoms with van der Waals surface area (Å²) in [7, 11) is 0. The lowest BCUT2D eigenvalue weighted by atomic mass is 10.0. The number of fused-ring (bicyclic) bond motifs is 1. The lowest BCUT2D eigenvalue weighted by Gasteiger charge is -2.43. The Hall–Kier alpha value is -1.39. The molecule has 3 atom stereocenters. The van der Waals surface area contributed by atoms with E-state index in [4.69, 9.17) is 5.73 Å². The molecule has 2 saturated heterocycles. The first-order valence-electron chi connectivity index (χ1n) is 7.52. The van der Waals surface area contributed by atoms with Gasteiger partial charge in [0.2, 0.25) is 5.91 Å². The van der Waals surface area contributed by atoms with E-state index in [0.29, 0.717) is 6.04 Å². The second kappa shape index (κ2) is 5.54. The van der Waals surface area contributed by atoms with Gasteiger partial charge in [-0.05, 0) is 31.9 Å². The average molecular weight is 273 g/mol. The topological polar surface area (TPSA) is 49.6 Å². The van der Waals surface area contributed by atoms with Crippen LogP contribution in [0.5, 0.6) is 0 Å². The van der Waals surface area contributed by atoms with Crippen LogP contribution in [0, 0.1) is 0 Å². The van der Waals surface area contributed by atoms with Gasteiger partial charge >= 0.3 is 0 Å². The van der Waals surface area contributed by atoms with Gasteiger partial charge in [-0.25, -0.2) is 0 Å². The van der Waals surface area contributed by atoms with Crippen molar-refractivity contribution in [2.75, 3.05) is 19.6 Å². The van der Waals surface area contributed by atoms with Crippen molar-refractivity contribution in [2.24, 2.45) is 5.73 Å². The zero-order valence-electron chi connectivity index (χ0n) is 12.0. The van der Waals surface area contributed by atoms with Crippen LogP contribution in [0.15, 0.2) is 30.3 Å². The summed E-state index contributed by atoms with van der Waals surface area (Å²) in [6.07, 6.45) is 2.46. The number of carbonyl (C=O) groups excluding carboxylic acids is 1. The fraction of sp³-hybridized carbons (Fsp3) is 0.562. The lowest BCUT2D eigenvalue weighted by Crippen LogP contribution is -2.58. The Bertz CT molecular complexity index is 476. The maximum absolute atomic E-state index is 12.7. The van der Waals surface area contributed by atoms with E-state index >= 15 is 0 Å². The molecule has 1 aromatic rings. The Labute approximate surface area is 120 Å². The molecule has 0 spiro atoms. The standard InChI is InChI=1S/C16H23N3O/c1-12-10-18-9-5-8-14(18)11-19(12)16(20)15(17)13-6-3-2-4-7-13/h2-4,6-7,12,14-15H,5,8-11,17H2,1H3/t12?,14?,15-/m0/s1. The Morgan fingerprint density at radius 1 is 1.30 bits per heavy atom. The van der Waals surface area contributed by atoms with Crippen LogP contribution in [0.25, 0.3) is 0 Å². The number of carbonyl (C=O) groups is 1. The molecule has 0 bridgehead atoms. The maximum atomic E-state index is 12.7. The number of benzene rings is 1. The number of hydrogen-bond acceptors (Lipinski definition) is 3. The number of nitrogens with two attached hydrogens (primary N) is 1. The Kier molecular flexibility index (Phi) is 3.76. The van der Waals surface area contributed by atoms with E-state index in [1.165, 1.54) is 19.4 Å². The van der Waals surface area contributed by atoms with Gasteiger partial charge in [0.25, 0.3) is 0 Å². The second-order valence-electron chi connectivity index (χ2n) is 6.02. The molecule has 3 rings (SSSR count). The minimum absolute atomic E-state index is 0.0650. The fourth-order valence-corrected chi connectivity index (χ4v) is 3.48. The SMILES string of the molecule is CC1CN2CCCC2CN1C(=O)[C@@H](N)c1ccccc1. The van der Waals surface area contributed by atoms with Gasteiger partial charge in [-0.2, -0.15) is 0 Å². The van der Waals surface area contributed by atoms with Crippen LogP contribution in [0.3, 0.4) is 0 Å². The van der Waals surface area contributed by atoms with Crippen molar-refractivity contribution in [3.63, 3.8) is 0 Å². The van der Waals surface area contributed by atoms with Gasteiger partial charge in [-0.15, -0.1) is 0 Å². The third kappa shape index (κ3) is 2.45. The summed E-state index contributed by atoms with van der Waals surface area (Å²) in [5.41, 5.74) is 7.07. The smallest absolute Gasteiger partial charge is 0.244 e. The molecular weight excluding hydrogens is 250 g/mol. The molecular formula is C16H23N3O. The van der Waals surface area contributed by atoms with Crippen molar-refractivity contribution in [2.45, 2.75) is 37.9 Å². The van der Waals surface area contributed by atoms with E-state index in [0.717, 1.165) is 18.7 Å². The van der Waals surface area contributed by atoms with E-state index in [-0.39, 0.29) is 11.9 Å². The number of nitrogens with zero attached hydrogens (tertiary/aromatic N) is 2. The predicted octanol–water partition coefficient (Wildman–Crippen LogP) is 1.38. The molecule has 4 heteroatoms. The third-order valence-corrected chi connectivity index (χ3v) is 4.65. The summed E-state index contributed by atoms with van der Waals surface area (Å²) < 4.78 is 0. The molecule has 0 saturated carbocycles. The van der Waals surface area contributed by atoms with Crippen molar-refractivity contribution >= 4 is 5.91 Å². The minimum atomic E-state index is -0.536. The van der Waals surface area contributed by atoms with Gasteiger partial charge in [-0.1, -0.05) is 30.3 Å². The monoisotopic (exact) mass is 273 g/mol. The van der Waals surface area contributed by atoms with Crippen LogP contribution >= 0.6 is 0 Å². The van der Waals surface area contributed by atoms with Crippen molar-refractivity contribution in [1.29, 1.82) is 0 Å². The molecule has 0 aromatic heterocycles. The van der Waals surface area contributed by atoms with Crippen molar-refractivity contribution in [3.8, 4) is 0 Å². The lowest BCUT2D eigenvalue weighted by molar-refractivity contribution is -0.138. The molecule has 2 unspecified atom stereocenters. The van der Waals surface area contributed by atoms with E-state index in [1.807, 2.05) is 35.2 Å². The molecule has 0 radical (unpaired) electrons. The summed E-state index contributed by atoms with van der Waals surface area (Å²) in [5, 5.41) is 0. The van der Waals surface area contributed by atoms with Gasteiger partial charge in [0, 0.05) is 25.2 Å². The van der Waals surface area contributed by atoms with Crippen LogP contribution in [-0.2, 0) is 4.79 Å². The van der Waals surface area contributed by atoms with Crippen LogP contribution in [-0.4, -0.2) is 47.4 Å². The van der Waals surface area contributed by atoms with Gasteiger partial charge in [0.05, 0.1) is 0 Å². The number of rotatable bonds is 2. The Morgan fingerprint density at radius 2 is 2.05 bits per heavy atom. The van der Waals surface area contributed by atoms with E-state index in [2.05, 4.69) is 11.8 Å². The van der Waals surface area contributed by atoms with Crippen molar-refractivity contribution in [1.82, 2.24) is 9.80 Å². The highest BCUT2D eigenvalue weighted by Crippen LogP contribution is 2.26. The fourth-order valence-electron chi connectivity index (χ4n) is 3.48. The van der Waals surface area contributed by atoms with E-state index in [1.54, 1.807) is 0 Å². The number of piperazine rings is 1. The third-order valence-electron chi connectivity index (χ3n) is 4.65. The van der Waals surface area contributed by atoms with Gasteiger partial charge in [-0.3, -0.25) is 9.69 Å². The van der Waals surface area contributed by atoms with Gasteiger partial charge in [0.1, 0.15) is 6.04 Å². The van der Waals surface area contributed by atoms with Crippen LogP contribution in [0.2, 0.25) is 0 Å². The molecule has 2 aliphatic rings. The van der Waals surface area contributed by atoms with Crippen LogP contribution < -0.4 is 5.73 Å². The highest BCUT2D eigenvalue weighted by molar-refractivity contribution is 5.83. The molecule has 1 aromatic carbocycles. The highest BCUT2D eigenvalue weighted by Gasteiger charge is 2.37. The normalized spacial score (nSPS) is 28.2. The second-order valence-corrected chi connectivity index (χ2v) is 6.02. The molecule has 108 valence electrons. The zero-order chi connectivity index (χ0) is 14.1. The first-order valence-corrected chi connectivity index (χ1v) is 7.52. The zero-order valence-corrected chi connectivity index (χ0v) is 12.0. The quantitative estimate of drug-likeness (QED) is 0.885. The Balaban J connectivity index is 1.73. The molecule has 2 N–H and O–H groups in total. The van der Waals surface area contributed by atoms with Crippen LogP contribution in [0.1, 0.15) is 31.4 Å². The molecule has 0 aliphatic carbocycles. The Morgan fingerprint density at radius 3 is 2.80 bits per heavy atom. The average Bonchev–Trinajstić information content (AvgIpc) is 2.93. The molecule has 20 heavy (non-hydrogen) atoms. The van der Waals surface area contributed by atoms with E-state index < -0.39 is 6.04 Å². The first-order chi connectivity index (χ1) is 9.66. The molecule has 1 amide bonds. The summed E-state index contributed by atoms with van der Waals surface area (Å²) in [5.74, 6) is 0.0650. The van der Waals surface area contributed by atoms with Crippen molar-refractivity contribution < 1.29 is 4.79 Å². The first kappa shape index (κ1) is 13.6. The van der Waals surface area contributed by atoms with Gasteiger partial charge < -0.3 is 10.6 Å². The van der Waals surface area contributed by atoms with Crippen LogP contribution in [0.4, 0.5) is 0 Å². The maximum Gasteiger partial charge on any atom is 0.244 e. The molecule has 2 fully saturated rings. The minimum Gasteiger partial charge on any atom is -0.335 e. The molecule has 2 heterocycles. The largest absolute Gasteiger partial charge is 0.335 e. The summed E-state index contributed by atoms with van der Waals surface area (Å²) >= 11 is 0. The number of amides is 1. The summed E-state index contributed by atoms with van der Waals surface area (Å²) in [6, 6.07) is 9.93. The number of hydrogen-bond donors (Lipinski definition) is 1. The van der Waals surface area contributed by atoms with E-state index in [9.17, 15) is 4.79 Å². The van der Waals surface area contributed by atoms with Crippen molar-refractivity contribution in [3.05, 3.63) is 35.9 Å². The molecule has 2 aliphatic heterocycles. The highest BCUT2D eigenvalue weighted by atomic mass is 16.2. The van der Waals surface area contributed by atoms with Gasteiger partial charge in [0.15, 0.2) is 0 Å². The predicted molar refractivity (Wildman–Crippen MR) is 79.1 cm³/mol. The molecule has 4 nitrogen and oxygen atoms in total.